The molecule has 0 fully saturated rings. The second-order valence-corrected chi connectivity index (χ2v) is 6.92. The minimum atomic E-state index is -3.40. The number of rotatable bonds is 4. The Morgan fingerprint density at radius 1 is 1.13 bits per heavy atom. The van der Waals surface area contributed by atoms with Crippen molar-refractivity contribution in [2.75, 3.05) is 12.4 Å². The largest absolute Gasteiger partial charge is 0.367 e. The zero-order chi connectivity index (χ0) is 16.4. The van der Waals surface area contributed by atoms with E-state index < -0.39 is 15.9 Å². The van der Waals surface area contributed by atoms with Crippen LogP contribution in [-0.4, -0.2) is 21.4 Å². The topological polar surface area (TPSA) is 72.5 Å². The number of benzene rings is 2. The van der Waals surface area contributed by atoms with Crippen LogP contribution in [0.2, 0.25) is 0 Å². The summed E-state index contributed by atoms with van der Waals surface area (Å²) in [5.41, 5.74) is 1.76. The molecule has 1 amide bonds. The summed E-state index contributed by atoms with van der Waals surface area (Å²) in [5, 5.41) is 3.86. The van der Waals surface area contributed by atoms with Crippen molar-refractivity contribution in [3.8, 4) is 0 Å². The van der Waals surface area contributed by atoms with E-state index >= 15 is 0 Å². The summed E-state index contributed by atoms with van der Waals surface area (Å²) in [7, 11) is -1.95. The molecule has 0 radical (unpaired) electrons. The number of hydrogen-bond acceptors (Lipinski definition) is 4. The summed E-state index contributed by atoms with van der Waals surface area (Å²) in [5.74, 6) is -0.359. The quantitative estimate of drug-likeness (QED) is 0.936. The molecule has 1 atom stereocenters. The van der Waals surface area contributed by atoms with Crippen LogP contribution in [0.25, 0.3) is 6.08 Å². The molecule has 23 heavy (non-hydrogen) atoms. The molecule has 1 N–H and O–H groups in total. The highest BCUT2D eigenvalue weighted by atomic mass is 32.2. The maximum Gasteiger partial charge on any atom is 0.258 e. The summed E-state index contributed by atoms with van der Waals surface area (Å²) in [4.78, 5) is 12.6. The van der Waals surface area contributed by atoms with Gasteiger partial charge < -0.3 is 10.1 Å². The number of hydrogen-bond donors (Lipinski definition) is 1. The molecule has 2 aromatic carbocycles. The van der Waals surface area contributed by atoms with Crippen LogP contribution in [-0.2, 0) is 19.4 Å². The second-order valence-electron chi connectivity index (χ2n) is 5.12. The zero-order valence-corrected chi connectivity index (χ0v) is 13.2. The average Bonchev–Trinajstić information content (AvgIpc) is 2.84. The summed E-state index contributed by atoms with van der Waals surface area (Å²) >= 11 is 0. The fourth-order valence-electron chi connectivity index (χ4n) is 2.46. The minimum Gasteiger partial charge on any atom is -0.367 e. The molecule has 0 spiro atoms. The van der Waals surface area contributed by atoms with E-state index in [-0.39, 0.29) is 10.8 Å². The lowest BCUT2D eigenvalue weighted by Gasteiger charge is -2.16. The highest BCUT2D eigenvalue weighted by Gasteiger charge is 2.23. The lowest BCUT2D eigenvalue weighted by molar-refractivity contribution is -0.126. The molecule has 0 saturated heterocycles. The number of ether oxygens (including phenoxy) is 1. The predicted molar refractivity (Wildman–Crippen MR) is 87.5 cm³/mol. The van der Waals surface area contributed by atoms with Crippen molar-refractivity contribution < 1.29 is 17.9 Å². The first-order valence-electron chi connectivity index (χ1n) is 6.97. The molecule has 2 aromatic rings. The number of anilines is 1. The van der Waals surface area contributed by atoms with Gasteiger partial charge in [-0.05, 0) is 29.3 Å². The Morgan fingerprint density at radius 2 is 1.87 bits per heavy atom. The minimum absolute atomic E-state index is 0.198. The van der Waals surface area contributed by atoms with Gasteiger partial charge in [-0.3, -0.25) is 4.79 Å². The van der Waals surface area contributed by atoms with Gasteiger partial charge in [-0.2, -0.15) is 0 Å². The number of fused-ring (bicyclic) bond motifs is 1. The van der Waals surface area contributed by atoms with E-state index in [2.05, 4.69) is 5.32 Å². The molecule has 1 heterocycles. The predicted octanol–water partition coefficient (Wildman–Crippen LogP) is 2.77. The van der Waals surface area contributed by atoms with E-state index in [1.54, 1.807) is 24.3 Å². The summed E-state index contributed by atoms with van der Waals surface area (Å²) < 4.78 is 29.0. The fourth-order valence-corrected chi connectivity index (χ4v) is 3.69. The molecular formula is C17H15NO4S. The molecule has 1 aliphatic rings. The highest BCUT2D eigenvalue weighted by Crippen LogP contribution is 2.29. The first kappa shape index (κ1) is 15.5. The van der Waals surface area contributed by atoms with Crippen LogP contribution < -0.4 is 5.32 Å². The van der Waals surface area contributed by atoms with Gasteiger partial charge in [0.25, 0.3) is 5.91 Å². The fraction of sp³-hybridized carbons (Fsp3) is 0.118. The van der Waals surface area contributed by atoms with Crippen molar-refractivity contribution in [2.24, 2.45) is 0 Å². The van der Waals surface area contributed by atoms with E-state index in [4.69, 9.17) is 4.74 Å². The zero-order valence-electron chi connectivity index (χ0n) is 12.4. The summed E-state index contributed by atoms with van der Waals surface area (Å²) in [6.07, 6.45) is 0.775. The van der Waals surface area contributed by atoms with Crippen molar-refractivity contribution in [3.05, 3.63) is 65.1 Å². The standard InChI is InChI=1S/C17H15NO4S/c1-22-16(13-5-3-2-4-6-13)17(19)18-14-8-7-12-9-10-23(20,21)15(12)11-14/h2-11,16H,1H3,(H,18,19). The Hall–Kier alpha value is -2.44. The lowest BCUT2D eigenvalue weighted by Crippen LogP contribution is -2.22. The van der Waals surface area contributed by atoms with E-state index in [1.807, 2.05) is 18.2 Å². The van der Waals surface area contributed by atoms with Gasteiger partial charge in [0.15, 0.2) is 6.10 Å². The van der Waals surface area contributed by atoms with Gasteiger partial charge in [0.1, 0.15) is 0 Å². The third-order valence-corrected chi connectivity index (χ3v) is 5.05. The molecule has 0 aromatic heterocycles. The van der Waals surface area contributed by atoms with E-state index in [1.165, 1.54) is 19.3 Å². The van der Waals surface area contributed by atoms with Crippen molar-refractivity contribution >= 4 is 27.5 Å². The number of sulfone groups is 1. The van der Waals surface area contributed by atoms with Crippen LogP contribution in [0.1, 0.15) is 17.2 Å². The Bertz CT molecular complexity index is 873. The Balaban J connectivity index is 1.84. The van der Waals surface area contributed by atoms with E-state index in [9.17, 15) is 13.2 Å². The van der Waals surface area contributed by atoms with Crippen LogP contribution in [0.3, 0.4) is 0 Å². The summed E-state index contributed by atoms with van der Waals surface area (Å²) in [6, 6.07) is 13.9. The van der Waals surface area contributed by atoms with Gasteiger partial charge in [0.2, 0.25) is 9.84 Å². The highest BCUT2D eigenvalue weighted by molar-refractivity contribution is 7.94. The van der Waals surface area contributed by atoms with Crippen LogP contribution in [0, 0.1) is 0 Å². The molecule has 0 aliphatic carbocycles. The maximum atomic E-state index is 12.4. The number of carbonyl (C=O) groups is 1. The SMILES string of the molecule is COC(C(=O)Nc1ccc2c(c1)S(=O)(=O)C=C2)c1ccccc1. The van der Waals surface area contributed by atoms with Gasteiger partial charge in [0, 0.05) is 18.2 Å². The molecule has 1 aliphatic heterocycles. The number of methoxy groups -OCH3 is 1. The first-order valence-corrected chi connectivity index (χ1v) is 8.52. The molecule has 5 nitrogen and oxygen atoms in total. The lowest BCUT2D eigenvalue weighted by atomic mass is 10.1. The van der Waals surface area contributed by atoms with Gasteiger partial charge in [-0.1, -0.05) is 36.4 Å². The smallest absolute Gasteiger partial charge is 0.258 e. The summed E-state index contributed by atoms with van der Waals surface area (Å²) in [6.45, 7) is 0. The Kier molecular flexibility index (Phi) is 4.02. The molecular weight excluding hydrogens is 314 g/mol. The molecule has 0 saturated carbocycles. The number of carbonyl (C=O) groups excluding carboxylic acids is 1. The van der Waals surface area contributed by atoms with E-state index in [0.717, 1.165) is 11.0 Å². The normalized spacial score (nSPS) is 15.9. The average molecular weight is 329 g/mol. The molecule has 118 valence electrons. The van der Waals surface area contributed by atoms with Crippen molar-refractivity contribution in [3.63, 3.8) is 0 Å². The van der Waals surface area contributed by atoms with Gasteiger partial charge in [-0.25, -0.2) is 8.42 Å². The maximum absolute atomic E-state index is 12.4. The Labute approximate surface area is 134 Å². The second kappa shape index (κ2) is 5.98. The molecule has 0 bridgehead atoms. The van der Waals surface area contributed by atoms with Crippen molar-refractivity contribution in [1.82, 2.24) is 0 Å². The third-order valence-electron chi connectivity index (χ3n) is 3.59. The number of amides is 1. The third kappa shape index (κ3) is 3.04. The van der Waals surface area contributed by atoms with Crippen molar-refractivity contribution in [2.45, 2.75) is 11.0 Å². The van der Waals surface area contributed by atoms with Gasteiger partial charge in [-0.15, -0.1) is 0 Å². The van der Waals surface area contributed by atoms with Crippen molar-refractivity contribution in [1.29, 1.82) is 0 Å². The van der Waals surface area contributed by atoms with Crippen LogP contribution in [0.15, 0.2) is 58.8 Å². The first-order chi connectivity index (χ1) is 11.0. The number of nitrogens with one attached hydrogen (secondary N) is 1. The molecule has 6 heteroatoms. The van der Waals surface area contributed by atoms with Gasteiger partial charge >= 0.3 is 0 Å². The van der Waals surface area contributed by atoms with Crippen LogP contribution in [0.4, 0.5) is 5.69 Å². The van der Waals surface area contributed by atoms with Crippen LogP contribution in [0.5, 0.6) is 0 Å². The van der Waals surface area contributed by atoms with Crippen LogP contribution >= 0.6 is 0 Å². The molecule has 3 rings (SSSR count). The van der Waals surface area contributed by atoms with E-state index in [0.29, 0.717) is 11.3 Å². The van der Waals surface area contributed by atoms with Gasteiger partial charge in [0.05, 0.1) is 4.90 Å². The Morgan fingerprint density at radius 3 is 2.57 bits per heavy atom. The molecule has 1 unspecified atom stereocenters. The monoisotopic (exact) mass is 329 g/mol.